The van der Waals surface area contributed by atoms with Crippen molar-refractivity contribution in [3.63, 3.8) is 0 Å². The van der Waals surface area contributed by atoms with E-state index in [-0.39, 0.29) is 29.2 Å². The van der Waals surface area contributed by atoms with Gasteiger partial charge in [0.2, 0.25) is 0 Å². The van der Waals surface area contributed by atoms with Gasteiger partial charge in [-0.3, -0.25) is 0 Å². The standard InChI is InChI=1S/C8H10F3N3O/c1-4-6(15-8(9,10)11)5(2-12)3-14-7(4)13/h3H,2,12H2,1H3,(H2,13,14). The Labute approximate surface area is 84.0 Å². The number of nitrogens with two attached hydrogens (primary N) is 2. The zero-order valence-electron chi connectivity index (χ0n) is 7.93. The van der Waals surface area contributed by atoms with Crippen LogP contribution in [-0.4, -0.2) is 11.3 Å². The molecule has 1 aromatic rings. The summed E-state index contributed by atoms with van der Waals surface area (Å²) >= 11 is 0. The van der Waals surface area contributed by atoms with Crippen LogP contribution in [0.1, 0.15) is 11.1 Å². The van der Waals surface area contributed by atoms with Crippen molar-refractivity contribution in [2.24, 2.45) is 5.73 Å². The van der Waals surface area contributed by atoms with Crippen molar-refractivity contribution in [1.82, 2.24) is 4.98 Å². The van der Waals surface area contributed by atoms with Crippen LogP contribution in [0.4, 0.5) is 19.0 Å². The lowest BCUT2D eigenvalue weighted by atomic mass is 10.1. The number of pyridine rings is 1. The summed E-state index contributed by atoms with van der Waals surface area (Å²) in [4.78, 5) is 3.69. The summed E-state index contributed by atoms with van der Waals surface area (Å²) < 4.78 is 40.0. The molecule has 1 rings (SSSR count). The van der Waals surface area contributed by atoms with Crippen LogP contribution in [0.5, 0.6) is 5.75 Å². The molecule has 0 unspecified atom stereocenters. The van der Waals surface area contributed by atoms with Crippen molar-refractivity contribution in [2.45, 2.75) is 19.8 Å². The van der Waals surface area contributed by atoms with E-state index in [1.807, 2.05) is 0 Å². The first-order chi connectivity index (χ1) is 6.85. The number of ether oxygens (including phenoxy) is 1. The number of halogens is 3. The molecule has 4 N–H and O–H groups in total. The molecule has 0 fully saturated rings. The lowest BCUT2D eigenvalue weighted by molar-refractivity contribution is -0.275. The van der Waals surface area contributed by atoms with Gasteiger partial charge in [0.15, 0.2) is 0 Å². The molecule has 0 spiro atoms. The fourth-order valence-electron chi connectivity index (χ4n) is 1.06. The van der Waals surface area contributed by atoms with Gasteiger partial charge in [0.05, 0.1) is 0 Å². The van der Waals surface area contributed by atoms with E-state index in [0.717, 1.165) is 0 Å². The SMILES string of the molecule is Cc1c(N)ncc(CN)c1OC(F)(F)F. The normalized spacial score (nSPS) is 11.5. The smallest absolute Gasteiger partial charge is 0.405 e. The third-order valence-corrected chi connectivity index (χ3v) is 1.81. The van der Waals surface area contributed by atoms with Crippen LogP contribution in [-0.2, 0) is 6.54 Å². The van der Waals surface area contributed by atoms with E-state index in [1.54, 1.807) is 0 Å². The minimum absolute atomic E-state index is 0.00792. The number of rotatable bonds is 2. The average molecular weight is 221 g/mol. The van der Waals surface area contributed by atoms with Gasteiger partial charge in [0, 0.05) is 23.9 Å². The van der Waals surface area contributed by atoms with E-state index < -0.39 is 6.36 Å². The Kier molecular flexibility index (Phi) is 3.04. The molecule has 0 amide bonds. The van der Waals surface area contributed by atoms with Gasteiger partial charge in [0.25, 0.3) is 0 Å². The van der Waals surface area contributed by atoms with Crippen molar-refractivity contribution in [2.75, 3.05) is 5.73 Å². The number of aromatic nitrogens is 1. The highest BCUT2D eigenvalue weighted by atomic mass is 19.4. The molecule has 4 nitrogen and oxygen atoms in total. The zero-order chi connectivity index (χ0) is 11.6. The first-order valence-corrected chi connectivity index (χ1v) is 4.05. The monoisotopic (exact) mass is 221 g/mol. The highest BCUT2D eigenvalue weighted by Gasteiger charge is 2.33. The maximum Gasteiger partial charge on any atom is 0.573 e. The Morgan fingerprint density at radius 1 is 1.47 bits per heavy atom. The summed E-state index contributed by atoms with van der Waals surface area (Å²) in [6, 6.07) is 0. The number of hydrogen-bond acceptors (Lipinski definition) is 4. The summed E-state index contributed by atoms with van der Waals surface area (Å²) in [6.45, 7) is 1.29. The van der Waals surface area contributed by atoms with Crippen molar-refractivity contribution in [3.8, 4) is 5.75 Å². The van der Waals surface area contributed by atoms with Crippen molar-refractivity contribution < 1.29 is 17.9 Å². The van der Waals surface area contributed by atoms with Crippen LogP contribution in [0.25, 0.3) is 0 Å². The predicted octanol–water partition coefficient (Wildman–Crippen LogP) is 1.33. The Morgan fingerprint density at radius 3 is 2.53 bits per heavy atom. The van der Waals surface area contributed by atoms with Crippen LogP contribution in [0, 0.1) is 6.92 Å². The molecule has 7 heteroatoms. The van der Waals surface area contributed by atoms with Gasteiger partial charge in [-0.2, -0.15) is 0 Å². The second-order valence-electron chi connectivity index (χ2n) is 2.87. The van der Waals surface area contributed by atoms with Crippen LogP contribution in [0.3, 0.4) is 0 Å². The predicted molar refractivity (Wildman–Crippen MR) is 48.0 cm³/mol. The highest BCUT2D eigenvalue weighted by Crippen LogP contribution is 2.31. The second-order valence-corrected chi connectivity index (χ2v) is 2.87. The molecule has 0 aliphatic heterocycles. The van der Waals surface area contributed by atoms with Crippen LogP contribution in [0.15, 0.2) is 6.20 Å². The molecule has 0 radical (unpaired) electrons. The molecule has 15 heavy (non-hydrogen) atoms. The fourth-order valence-corrected chi connectivity index (χ4v) is 1.06. The number of nitrogen functional groups attached to an aromatic ring is 1. The Morgan fingerprint density at radius 2 is 2.07 bits per heavy atom. The molecule has 0 saturated carbocycles. The molecule has 0 bridgehead atoms. The largest absolute Gasteiger partial charge is 0.573 e. The van der Waals surface area contributed by atoms with Crippen LogP contribution < -0.4 is 16.2 Å². The molecule has 0 aromatic carbocycles. The maximum absolute atomic E-state index is 12.0. The van der Waals surface area contributed by atoms with Crippen LogP contribution in [0.2, 0.25) is 0 Å². The summed E-state index contributed by atoms with van der Waals surface area (Å²) in [5.41, 5.74) is 10.9. The highest BCUT2D eigenvalue weighted by molar-refractivity contribution is 5.51. The Balaban J connectivity index is 3.18. The molecule has 1 heterocycles. The maximum atomic E-state index is 12.0. The number of nitrogens with zero attached hydrogens (tertiary/aromatic N) is 1. The molecule has 0 atom stereocenters. The fraction of sp³-hybridized carbons (Fsp3) is 0.375. The molecular weight excluding hydrogens is 211 g/mol. The van der Waals surface area contributed by atoms with E-state index in [4.69, 9.17) is 11.5 Å². The van der Waals surface area contributed by atoms with Gasteiger partial charge < -0.3 is 16.2 Å². The molecular formula is C8H10F3N3O. The van der Waals surface area contributed by atoms with E-state index in [9.17, 15) is 13.2 Å². The van der Waals surface area contributed by atoms with Crippen molar-refractivity contribution >= 4 is 5.82 Å². The Bertz CT molecular complexity index is 365. The topological polar surface area (TPSA) is 74.2 Å². The van der Waals surface area contributed by atoms with Crippen molar-refractivity contribution in [3.05, 3.63) is 17.3 Å². The Hall–Kier alpha value is -1.50. The molecule has 0 aliphatic carbocycles. The van der Waals surface area contributed by atoms with Gasteiger partial charge in [0.1, 0.15) is 11.6 Å². The van der Waals surface area contributed by atoms with Gasteiger partial charge >= 0.3 is 6.36 Å². The summed E-state index contributed by atoms with van der Waals surface area (Å²) in [5.74, 6) is -0.371. The van der Waals surface area contributed by atoms with E-state index >= 15 is 0 Å². The van der Waals surface area contributed by atoms with E-state index in [2.05, 4.69) is 9.72 Å². The minimum Gasteiger partial charge on any atom is -0.405 e. The first-order valence-electron chi connectivity index (χ1n) is 4.05. The second kappa shape index (κ2) is 3.93. The van der Waals surface area contributed by atoms with E-state index in [0.29, 0.717) is 0 Å². The third kappa shape index (κ3) is 2.72. The first kappa shape index (κ1) is 11.6. The lowest BCUT2D eigenvalue weighted by Crippen LogP contribution is -2.20. The summed E-state index contributed by atoms with van der Waals surface area (Å²) in [6.07, 6.45) is -3.59. The summed E-state index contributed by atoms with van der Waals surface area (Å²) in [5, 5.41) is 0. The van der Waals surface area contributed by atoms with Gasteiger partial charge in [-0.25, -0.2) is 4.98 Å². The zero-order valence-corrected chi connectivity index (χ0v) is 7.93. The molecule has 0 aliphatic rings. The quantitative estimate of drug-likeness (QED) is 0.790. The van der Waals surface area contributed by atoms with Gasteiger partial charge in [-0.1, -0.05) is 0 Å². The third-order valence-electron chi connectivity index (χ3n) is 1.81. The molecule has 84 valence electrons. The van der Waals surface area contributed by atoms with Gasteiger partial charge in [-0.15, -0.1) is 13.2 Å². The number of hydrogen-bond donors (Lipinski definition) is 2. The summed E-state index contributed by atoms with van der Waals surface area (Å²) in [7, 11) is 0. The number of alkyl halides is 3. The lowest BCUT2D eigenvalue weighted by Gasteiger charge is -2.15. The van der Waals surface area contributed by atoms with Crippen molar-refractivity contribution in [1.29, 1.82) is 0 Å². The molecule has 0 saturated heterocycles. The molecule has 1 aromatic heterocycles. The van der Waals surface area contributed by atoms with Gasteiger partial charge in [-0.05, 0) is 6.92 Å². The number of anilines is 1. The van der Waals surface area contributed by atoms with E-state index in [1.165, 1.54) is 13.1 Å². The van der Waals surface area contributed by atoms with Crippen LogP contribution >= 0.6 is 0 Å². The average Bonchev–Trinajstić information content (AvgIpc) is 2.11. The minimum atomic E-state index is -4.76.